The van der Waals surface area contributed by atoms with Gasteiger partial charge in [-0.2, -0.15) is 15.0 Å². The Bertz CT molecular complexity index is 4610. The van der Waals surface area contributed by atoms with Crippen molar-refractivity contribution in [1.82, 2.24) is 28.7 Å². The molecule has 4 aromatic heterocycles. The number of aromatic nitrogens is 6. The lowest BCUT2D eigenvalue weighted by Gasteiger charge is -2.19. The molecule has 0 radical (unpaired) electrons. The molecule has 0 saturated carbocycles. The van der Waals surface area contributed by atoms with Gasteiger partial charge < -0.3 is 4.57 Å². The van der Waals surface area contributed by atoms with Crippen LogP contribution in [-0.4, -0.2) is 28.7 Å². The zero-order valence-electron chi connectivity index (χ0n) is 44.9. The van der Waals surface area contributed by atoms with Gasteiger partial charge in [0.15, 0.2) is 11.5 Å². The van der Waals surface area contributed by atoms with Crippen molar-refractivity contribution in [2.24, 2.45) is 0 Å². The third-order valence-corrected chi connectivity index (χ3v) is 16.1. The first-order valence-electron chi connectivity index (χ1n) is 27.4. The van der Waals surface area contributed by atoms with Gasteiger partial charge in [0.1, 0.15) is 0 Å². The second-order valence-electron chi connectivity index (χ2n) is 22.0. The molecule has 15 aromatic rings. The highest BCUT2D eigenvalue weighted by Gasteiger charge is 2.26. The fourth-order valence-electron chi connectivity index (χ4n) is 12.1. The standard InChI is InChI=1S/C74H51N7/c1-74(2,3)55-33-39-65-62(45-55)57-27-17-18-28-64(57)79(65)70-40-34-56(75-4)46-63(70)71-76-72(80-66-35-29-51(47-19-9-5-10-20-47)41-58(66)59-42-52(30-36-67(59)80)48-21-11-6-12-22-48)78-73(77-71)81-68-37-31-53(49-23-13-7-14-24-49)43-60(68)61-44-54(32-38-69(61)81)50-25-15-8-16-26-50/h5-46H,1-3H3. The van der Waals surface area contributed by atoms with Gasteiger partial charge in [0.2, 0.25) is 11.9 Å². The zero-order valence-corrected chi connectivity index (χ0v) is 44.9. The molecular weight excluding hydrogens is 987 g/mol. The Kier molecular flexibility index (Phi) is 11.0. The van der Waals surface area contributed by atoms with Crippen molar-refractivity contribution in [3.8, 4) is 73.5 Å². The molecule has 382 valence electrons. The molecule has 7 nitrogen and oxygen atoms in total. The largest absolute Gasteiger partial charge is 0.309 e. The maximum absolute atomic E-state index is 8.44. The van der Waals surface area contributed by atoms with Crippen LogP contribution in [0.3, 0.4) is 0 Å². The van der Waals surface area contributed by atoms with E-state index in [2.05, 4.69) is 282 Å². The second-order valence-corrected chi connectivity index (χ2v) is 22.0. The number of hydrogen-bond donors (Lipinski definition) is 0. The van der Waals surface area contributed by atoms with Crippen LogP contribution in [0.5, 0.6) is 0 Å². The monoisotopic (exact) mass is 1040 g/mol. The van der Waals surface area contributed by atoms with Gasteiger partial charge in [-0.1, -0.05) is 197 Å². The molecule has 0 fully saturated rings. The minimum absolute atomic E-state index is 0.0599. The lowest BCUT2D eigenvalue weighted by atomic mass is 9.86. The Hall–Kier alpha value is -10.7. The Balaban J connectivity index is 1.05. The predicted molar refractivity (Wildman–Crippen MR) is 335 cm³/mol. The average Bonchev–Trinajstić information content (AvgIpc) is 3.40. The van der Waals surface area contributed by atoms with Crippen molar-refractivity contribution >= 4 is 71.1 Å². The lowest BCUT2D eigenvalue weighted by molar-refractivity contribution is 0.591. The number of hydrogen-bond acceptors (Lipinski definition) is 3. The van der Waals surface area contributed by atoms with E-state index in [1.54, 1.807) is 0 Å². The number of rotatable bonds is 8. The number of para-hydroxylation sites is 1. The molecule has 0 unspecified atom stereocenters. The molecule has 0 aliphatic heterocycles. The van der Waals surface area contributed by atoms with Crippen LogP contribution in [0, 0.1) is 6.57 Å². The molecule has 0 spiro atoms. The average molecular weight is 1040 g/mol. The summed E-state index contributed by atoms with van der Waals surface area (Å²) in [6.07, 6.45) is 0. The summed E-state index contributed by atoms with van der Waals surface area (Å²) in [5.41, 5.74) is 18.1. The number of fused-ring (bicyclic) bond motifs is 9. The van der Waals surface area contributed by atoms with Crippen molar-refractivity contribution in [3.05, 3.63) is 272 Å². The maximum atomic E-state index is 8.44. The van der Waals surface area contributed by atoms with Crippen molar-refractivity contribution in [3.63, 3.8) is 0 Å². The highest BCUT2D eigenvalue weighted by Crippen LogP contribution is 2.43. The molecule has 0 bridgehead atoms. The predicted octanol–water partition coefficient (Wildman–Crippen LogP) is 19.3. The summed E-state index contributed by atoms with van der Waals surface area (Å²) < 4.78 is 6.71. The highest BCUT2D eigenvalue weighted by atomic mass is 15.3. The Morgan fingerprint density at radius 2 is 0.691 bits per heavy atom. The summed E-state index contributed by atoms with van der Waals surface area (Å²) in [6, 6.07) is 90.3. The first-order chi connectivity index (χ1) is 39.7. The SMILES string of the molecule is [C-]#[N+]c1ccc(-n2c3ccccc3c3cc(C(C)(C)C)ccc32)c(-c2nc(-n3c4ccc(-c5ccccc5)cc4c4cc(-c5ccccc5)ccc43)nc(-n3c4ccc(-c5ccccc5)cc4c4cc(-c5ccccc5)ccc43)n2)c1. The quantitative estimate of drug-likeness (QED) is 0.143. The normalized spacial score (nSPS) is 11.9. The molecule has 0 N–H and O–H groups in total. The molecular formula is C74H51N7. The third-order valence-electron chi connectivity index (χ3n) is 16.1. The van der Waals surface area contributed by atoms with E-state index in [0.29, 0.717) is 29.0 Å². The van der Waals surface area contributed by atoms with Crippen molar-refractivity contribution in [2.45, 2.75) is 26.2 Å². The van der Waals surface area contributed by atoms with Crippen LogP contribution >= 0.6 is 0 Å². The molecule has 7 heteroatoms. The van der Waals surface area contributed by atoms with Gasteiger partial charge in [-0.05, 0) is 134 Å². The first-order valence-corrected chi connectivity index (χ1v) is 27.4. The highest BCUT2D eigenvalue weighted by molar-refractivity contribution is 6.14. The van der Waals surface area contributed by atoms with E-state index in [-0.39, 0.29) is 5.41 Å². The molecule has 4 heterocycles. The molecule has 81 heavy (non-hydrogen) atoms. The third kappa shape index (κ3) is 7.99. The van der Waals surface area contributed by atoms with Gasteiger partial charge >= 0.3 is 0 Å². The Morgan fingerprint density at radius 3 is 1.11 bits per heavy atom. The van der Waals surface area contributed by atoms with Crippen LogP contribution in [-0.2, 0) is 5.41 Å². The van der Waals surface area contributed by atoms with E-state index in [0.717, 1.165) is 116 Å². The van der Waals surface area contributed by atoms with Crippen molar-refractivity contribution < 1.29 is 0 Å². The van der Waals surface area contributed by atoms with E-state index in [1.165, 1.54) is 5.56 Å². The minimum atomic E-state index is -0.0599. The van der Waals surface area contributed by atoms with Crippen LogP contribution in [0.4, 0.5) is 5.69 Å². The van der Waals surface area contributed by atoms with Crippen LogP contribution in [0.2, 0.25) is 0 Å². The van der Waals surface area contributed by atoms with E-state index >= 15 is 0 Å². The Labute approximate surface area is 468 Å². The van der Waals surface area contributed by atoms with Gasteiger partial charge in [0.25, 0.3) is 0 Å². The summed E-state index contributed by atoms with van der Waals surface area (Å²) in [5.74, 6) is 1.33. The molecule has 11 aromatic carbocycles. The van der Waals surface area contributed by atoms with Gasteiger partial charge in [-0.15, -0.1) is 0 Å². The van der Waals surface area contributed by atoms with Gasteiger partial charge in [0, 0.05) is 37.9 Å². The molecule has 0 amide bonds. The van der Waals surface area contributed by atoms with Crippen LogP contribution in [0.25, 0.3) is 144 Å². The topological polar surface area (TPSA) is 57.8 Å². The minimum Gasteiger partial charge on any atom is -0.309 e. The van der Waals surface area contributed by atoms with E-state index in [4.69, 9.17) is 21.5 Å². The maximum Gasteiger partial charge on any atom is 0.240 e. The summed E-state index contributed by atoms with van der Waals surface area (Å²) in [5, 5.41) is 6.58. The fourth-order valence-corrected chi connectivity index (χ4v) is 12.1. The van der Waals surface area contributed by atoms with Crippen molar-refractivity contribution in [1.29, 1.82) is 0 Å². The van der Waals surface area contributed by atoms with Crippen molar-refractivity contribution in [2.75, 3.05) is 0 Å². The fraction of sp³-hybridized carbons (Fsp3) is 0.0541. The first kappa shape index (κ1) is 47.5. The Morgan fingerprint density at radius 1 is 0.321 bits per heavy atom. The van der Waals surface area contributed by atoms with Gasteiger partial charge in [0.05, 0.1) is 45.4 Å². The lowest BCUT2D eigenvalue weighted by Crippen LogP contribution is -2.11. The van der Waals surface area contributed by atoms with Gasteiger partial charge in [-0.25, -0.2) is 4.85 Å². The second kappa shape index (κ2) is 18.8. The van der Waals surface area contributed by atoms with Gasteiger partial charge in [-0.3, -0.25) is 9.13 Å². The van der Waals surface area contributed by atoms with Crippen LogP contribution in [0.1, 0.15) is 26.3 Å². The number of benzene rings is 11. The zero-order chi connectivity index (χ0) is 54.3. The van der Waals surface area contributed by atoms with E-state index < -0.39 is 0 Å². The molecule has 15 rings (SSSR count). The summed E-state index contributed by atoms with van der Waals surface area (Å²) in [6.45, 7) is 15.2. The summed E-state index contributed by atoms with van der Waals surface area (Å²) >= 11 is 0. The molecule has 0 aliphatic carbocycles. The molecule has 0 aliphatic rings. The van der Waals surface area contributed by atoms with Crippen LogP contribution < -0.4 is 0 Å². The smallest absolute Gasteiger partial charge is 0.240 e. The summed E-state index contributed by atoms with van der Waals surface area (Å²) in [7, 11) is 0. The summed E-state index contributed by atoms with van der Waals surface area (Å²) in [4.78, 5) is 21.0. The molecule has 0 atom stereocenters. The molecule has 0 saturated heterocycles. The number of nitrogens with zero attached hydrogens (tertiary/aromatic N) is 7. The van der Waals surface area contributed by atoms with E-state index in [9.17, 15) is 0 Å². The van der Waals surface area contributed by atoms with Crippen LogP contribution in [0.15, 0.2) is 255 Å². The van der Waals surface area contributed by atoms with E-state index in [1.807, 2.05) is 12.1 Å².